The van der Waals surface area contributed by atoms with Crippen LogP contribution in [-0.4, -0.2) is 33.4 Å². The van der Waals surface area contributed by atoms with Crippen LogP contribution in [0.4, 0.5) is 17.6 Å². The van der Waals surface area contributed by atoms with Gasteiger partial charge in [-0.2, -0.15) is 13.2 Å². The molecule has 0 saturated carbocycles. The Hall–Kier alpha value is -3.71. The second kappa shape index (κ2) is 12.8. The number of rotatable bonds is 8. The van der Waals surface area contributed by atoms with E-state index >= 15 is 4.39 Å². The highest BCUT2D eigenvalue weighted by atomic mass is 32.2. The summed E-state index contributed by atoms with van der Waals surface area (Å²) < 4.78 is 65.3. The number of alkyl halides is 3. The van der Waals surface area contributed by atoms with Crippen LogP contribution in [0.3, 0.4) is 0 Å². The summed E-state index contributed by atoms with van der Waals surface area (Å²) in [6.45, 7) is 0.803. The number of hydrogen-bond acceptors (Lipinski definition) is 6. The molecule has 6 rings (SSSR count). The van der Waals surface area contributed by atoms with Gasteiger partial charge in [0.25, 0.3) is 5.56 Å². The lowest BCUT2D eigenvalue weighted by Gasteiger charge is -2.39. The number of piperidine rings is 1. The van der Waals surface area contributed by atoms with Gasteiger partial charge >= 0.3 is 11.9 Å². The van der Waals surface area contributed by atoms with Crippen LogP contribution in [0.1, 0.15) is 52.4 Å². The summed E-state index contributed by atoms with van der Waals surface area (Å²) >= 11 is 1.67. The zero-order chi connectivity index (χ0) is 32.6. The van der Waals surface area contributed by atoms with E-state index in [-0.39, 0.29) is 24.4 Å². The third kappa shape index (κ3) is 6.18. The average Bonchev–Trinajstić information content (AvgIpc) is 3.41. The molecule has 12 heteroatoms. The minimum atomic E-state index is -4.85. The minimum Gasteiger partial charge on any atom is -0.364 e. The molecule has 3 heterocycles. The Morgan fingerprint density at radius 1 is 0.957 bits per heavy atom. The molecule has 2 N–H and O–H groups in total. The molecule has 1 fully saturated rings. The third-order valence-electron chi connectivity index (χ3n) is 9.03. The zero-order valence-electron chi connectivity index (χ0n) is 25.2. The fourth-order valence-corrected chi connectivity index (χ4v) is 7.08. The molecule has 0 aliphatic carbocycles. The molecule has 0 bridgehead atoms. The van der Waals surface area contributed by atoms with Crippen LogP contribution in [0.2, 0.25) is 0 Å². The highest BCUT2D eigenvalue weighted by molar-refractivity contribution is 7.98. The van der Waals surface area contributed by atoms with Gasteiger partial charge in [-0.25, -0.2) is 9.18 Å². The van der Waals surface area contributed by atoms with E-state index in [0.29, 0.717) is 38.0 Å². The first-order valence-electron chi connectivity index (χ1n) is 15.0. The second-order valence-corrected chi connectivity index (χ2v) is 12.7. The van der Waals surface area contributed by atoms with E-state index in [1.165, 1.54) is 0 Å². The number of fused-ring (bicyclic) bond motifs is 2. The summed E-state index contributed by atoms with van der Waals surface area (Å²) in [4.78, 5) is 31.6. The quantitative estimate of drug-likeness (QED) is 0.195. The Balaban J connectivity index is 1.40. The molecule has 0 radical (unpaired) electrons. The summed E-state index contributed by atoms with van der Waals surface area (Å²) in [5.41, 5.74) is 4.35. The van der Waals surface area contributed by atoms with Gasteiger partial charge in [0.15, 0.2) is 0 Å². The van der Waals surface area contributed by atoms with Crippen LogP contribution in [0.5, 0.6) is 0 Å². The van der Waals surface area contributed by atoms with E-state index < -0.39 is 52.6 Å². The van der Waals surface area contributed by atoms with Crippen LogP contribution < -0.4 is 17.0 Å². The normalized spacial score (nSPS) is 16.9. The van der Waals surface area contributed by atoms with Crippen LogP contribution in [-0.2, 0) is 42.8 Å². The maximum atomic E-state index is 15.0. The highest BCUT2D eigenvalue weighted by Gasteiger charge is 2.47. The number of benzene rings is 3. The first-order valence-corrected chi connectivity index (χ1v) is 16.2. The molecule has 7 nitrogen and oxygen atoms in total. The van der Waals surface area contributed by atoms with Gasteiger partial charge in [-0.3, -0.25) is 18.8 Å². The molecule has 4 aromatic rings. The fourth-order valence-electron chi connectivity index (χ4n) is 6.59. The van der Waals surface area contributed by atoms with E-state index in [9.17, 15) is 22.8 Å². The van der Waals surface area contributed by atoms with Crippen molar-refractivity contribution in [3.8, 4) is 0 Å². The fraction of sp³-hybridized carbons (Fsp3) is 0.353. The van der Waals surface area contributed by atoms with E-state index in [2.05, 4.69) is 23.1 Å². The highest BCUT2D eigenvalue weighted by Crippen LogP contribution is 2.43. The van der Waals surface area contributed by atoms with Crippen molar-refractivity contribution in [3.05, 3.63) is 133 Å². The van der Waals surface area contributed by atoms with Crippen LogP contribution in [0, 0.1) is 5.82 Å². The number of likely N-dealkylation sites (tertiary alicyclic amines) is 1. The van der Waals surface area contributed by atoms with Crippen molar-refractivity contribution in [2.45, 2.75) is 61.8 Å². The molecule has 0 amide bonds. The molecule has 1 aromatic heterocycles. The van der Waals surface area contributed by atoms with E-state index in [4.69, 9.17) is 10.5 Å². The average molecular weight is 655 g/mol. The molecular formula is C34H34F4N4O3S. The van der Waals surface area contributed by atoms with E-state index in [1.54, 1.807) is 36.0 Å². The molecule has 1 unspecified atom stereocenters. The van der Waals surface area contributed by atoms with Crippen LogP contribution >= 0.6 is 11.8 Å². The topological polar surface area (TPSA) is 82.5 Å². The van der Waals surface area contributed by atoms with E-state index in [1.807, 2.05) is 18.4 Å². The lowest BCUT2D eigenvalue weighted by Crippen LogP contribution is -2.49. The first-order chi connectivity index (χ1) is 22.0. The number of thioether (sulfide) groups is 1. The lowest BCUT2D eigenvalue weighted by molar-refractivity contribution is -0.138. The minimum absolute atomic E-state index is 0.156. The molecule has 1 atom stereocenters. The zero-order valence-corrected chi connectivity index (χ0v) is 26.0. The van der Waals surface area contributed by atoms with Gasteiger partial charge in [0.1, 0.15) is 11.4 Å². The van der Waals surface area contributed by atoms with Gasteiger partial charge in [-0.15, -0.1) is 11.8 Å². The largest absolute Gasteiger partial charge is 0.416 e. The number of halogens is 4. The second-order valence-electron chi connectivity index (χ2n) is 11.8. The maximum Gasteiger partial charge on any atom is 0.416 e. The smallest absolute Gasteiger partial charge is 0.364 e. The number of nitrogens with two attached hydrogens (primary N) is 1. The molecule has 3 aromatic carbocycles. The Morgan fingerprint density at radius 3 is 2.37 bits per heavy atom. The molecule has 242 valence electrons. The summed E-state index contributed by atoms with van der Waals surface area (Å²) in [5, 5.41) is 0. The van der Waals surface area contributed by atoms with Crippen molar-refractivity contribution in [1.29, 1.82) is 0 Å². The first kappa shape index (κ1) is 32.2. The van der Waals surface area contributed by atoms with Gasteiger partial charge in [0.2, 0.25) is 0 Å². The number of aromatic nitrogens is 2. The van der Waals surface area contributed by atoms with Gasteiger partial charge in [0, 0.05) is 36.1 Å². The molecule has 2 aliphatic heterocycles. The van der Waals surface area contributed by atoms with Crippen molar-refractivity contribution < 1.29 is 22.3 Å². The number of hydrogen-bond donors (Lipinski definition) is 1. The van der Waals surface area contributed by atoms with Crippen molar-refractivity contribution >= 4 is 11.8 Å². The standard InChI is InChI=1S/C34H34F4N4O3S/c1-46-24-10-5-7-22(17-24)18-40-15-13-33(14-16-40)30-29(21-45-33)41(19-25-26(34(36,37)38)11-6-12-27(25)35)32(44)42(31(30)43)20-28(39)23-8-3-2-4-9-23/h2-12,17,28H,13-16,18-21,39H2,1H3. The van der Waals surface area contributed by atoms with Crippen molar-refractivity contribution in [3.63, 3.8) is 0 Å². The Labute approximate surface area is 267 Å². The third-order valence-corrected chi connectivity index (χ3v) is 9.75. The van der Waals surface area contributed by atoms with Gasteiger partial charge in [0.05, 0.1) is 36.5 Å². The number of ether oxygens (including phenoxy) is 1. The van der Waals surface area contributed by atoms with Gasteiger partial charge < -0.3 is 10.5 Å². The monoisotopic (exact) mass is 654 g/mol. The summed E-state index contributed by atoms with van der Waals surface area (Å²) in [5.74, 6) is -1.10. The van der Waals surface area contributed by atoms with E-state index in [0.717, 1.165) is 37.8 Å². The van der Waals surface area contributed by atoms with Crippen molar-refractivity contribution in [2.75, 3.05) is 19.3 Å². The Bertz CT molecular complexity index is 1850. The maximum absolute atomic E-state index is 15.0. The lowest BCUT2D eigenvalue weighted by atomic mass is 9.85. The molecular weight excluding hydrogens is 620 g/mol. The van der Waals surface area contributed by atoms with Gasteiger partial charge in [-0.05, 0) is 54.5 Å². The van der Waals surface area contributed by atoms with Crippen molar-refractivity contribution in [1.82, 2.24) is 14.0 Å². The molecule has 1 saturated heterocycles. The van der Waals surface area contributed by atoms with Gasteiger partial charge in [-0.1, -0.05) is 48.5 Å². The molecule has 46 heavy (non-hydrogen) atoms. The number of nitrogens with zero attached hydrogens (tertiary/aromatic N) is 3. The summed E-state index contributed by atoms with van der Waals surface area (Å²) in [6.07, 6.45) is -1.95. The summed E-state index contributed by atoms with van der Waals surface area (Å²) in [6, 6.07) is 19.1. The SMILES string of the molecule is CSc1cccc(CN2CCC3(CC2)OCc2c3c(=O)n(CC(N)c3ccccc3)c(=O)n2Cc2c(F)cccc2C(F)(F)F)c1. The predicted molar refractivity (Wildman–Crippen MR) is 168 cm³/mol. The van der Waals surface area contributed by atoms with Crippen molar-refractivity contribution in [2.24, 2.45) is 5.73 Å². The predicted octanol–water partition coefficient (Wildman–Crippen LogP) is 5.66. The Kier molecular flexibility index (Phi) is 8.99. The molecule has 1 spiro atoms. The molecule has 2 aliphatic rings. The van der Waals surface area contributed by atoms with Crippen LogP contribution in [0.15, 0.2) is 87.3 Å². The Morgan fingerprint density at radius 2 is 1.67 bits per heavy atom. The van der Waals surface area contributed by atoms with Crippen LogP contribution in [0.25, 0.3) is 0 Å². The summed E-state index contributed by atoms with van der Waals surface area (Å²) in [7, 11) is 0.